The van der Waals surface area contributed by atoms with Crippen molar-refractivity contribution in [2.75, 3.05) is 0 Å². The highest BCUT2D eigenvalue weighted by Gasteiger charge is 2.25. The lowest BCUT2D eigenvalue weighted by molar-refractivity contribution is 0.552. The smallest absolute Gasteiger partial charge is 0.0367 e. The van der Waals surface area contributed by atoms with Crippen LogP contribution in [0.25, 0.3) is 0 Å². The van der Waals surface area contributed by atoms with Crippen molar-refractivity contribution in [3.63, 3.8) is 0 Å². The quantitative estimate of drug-likeness (QED) is 0.701. The fourth-order valence-electron chi connectivity index (χ4n) is 2.19. The standard InChI is InChI=1S/C12H14BrCl/c13-11-5-1-3-9(8-11)7-10-4-2-6-12(10)14/h1,3,5,8,10,12H,2,4,6-7H2. The van der Waals surface area contributed by atoms with Gasteiger partial charge in [0.2, 0.25) is 0 Å². The van der Waals surface area contributed by atoms with Crippen molar-refractivity contribution in [3.8, 4) is 0 Å². The van der Waals surface area contributed by atoms with Gasteiger partial charge in [-0.15, -0.1) is 11.6 Å². The fourth-order valence-corrected chi connectivity index (χ4v) is 3.00. The molecular formula is C12H14BrCl. The number of benzene rings is 1. The Labute approximate surface area is 98.8 Å². The van der Waals surface area contributed by atoms with Crippen LogP contribution in [0.3, 0.4) is 0 Å². The van der Waals surface area contributed by atoms with E-state index in [1.54, 1.807) is 0 Å². The lowest BCUT2D eigenvalue weighted by Gasteiger charge is -2.13. The molecule has 1 fully saturated rings. The van der Waals surface area contributed by atoms with Crippen molar-refractivity contribution in [1.82, 2.24) is 0 Å². The summed E-state index contributed by atoms with van der Waals surface area (Å²) in [4.78, 5) is 0. The molecule has 1 aromatic rings. The predicted molar refractivity (Wildman–Crippen MR) is 64.8 cm³/mol. The molecule has 1 aliphatic rings. The Morgan fingerprint density at radius 3 is 2.86 bits per heavy atom. The summed E-state index contributed by atoms with van der Waals surface area (Å²) in [5.74, 6) is 0.686. The van der Waals surface area contributed by atoms with Crippen LogP contribution in [-0.2, 0) is 6.42 Å². The summed E-state index contributed by atoms with van der Waals surface area (Å²) in [7, 11) is 0. The van der Waals surface area contributed by atoms with E-state index in [4.69, 9.17) is 11.6 Å². The van der Waals surface area contributed by atoms with Gasteiger partial charge in [0.05, 0.1) is 0 Å². The molecule has 1 aliphatic carbocycles. The molecule has 0 aliphatic heterocycles. The van der Waals surface area contributed by atoms with E-state index in [1.165, 1.54) is 29.3 Å². The normalized spacial score (nSPS) is 26.7. The van der Waals surface area contributed by atoms with E-state index in [0.717, 1.165) is 6.42 Å². The summed E-state index contributed by atoms with van der Waals surface area (Å²) in [5.41, 5.74) is 1.40. The number of halogens is 2. The van der Waals surface area contributed by atoms with Crippen LogP contribution in [0.15, 0.2) is 28.7 Å². The van der Waals surface area contributed by atoms with Crippen molar-refractivity contribution in [1.29, 1.82) is 0 Å². The Hall–Kier alpha value is -0.0100. The molecule has 76 valence electrons. The topological polar surface area (TPSA) is 0 Å². The molecule has 2 heteroatoms. The van der Waals surface area contributed by atoms with Crippen LogP contribution in [0.1, 0.15) is 24.8 Å². The van der Waals surface area contributed by atoms with Crippen molar-refractivity contribution >= 4 is 27.5 Å². The van der Waals surface area contributed by atoms with Gasteiger partial charge in [0.15, 0.2) is 0 Å². The molecule has 0 radical (unpaired) electrons. The zero-order chi connectivity index (χ0) is 9.97. The molecule has 0 aromatic heterocycles. The molecule has 2 unspecified atom stereocenters. The minimum atomic E-state index is 0.397. The summed E-state index contributed by atoms with van der Waals surface area (Å²) in [6.07, 6.45) is 4.92. The van der Waals surface area contributed by atoms with Crippen LogP contribution < -0.4 is 0 Å². The van der Waals surface area contributed by atoms with E-state index < -0.39 is 0 Å². The molecule has 0 heterocycles. The van der Waals surface area contributed by atoms with Gasteiger partial charge in [0, 0.05) is 9.85 Å². The number of hydrogen-bond acceptors (Lipinski definition) is 0. The van der Waals surface area contributed by atoms with Gasteiger partial charge in [-0.1, -0.05) is 34.5 Å². The van der Waals surface area contributed by atoms with Gasteiger partial charge in [-0.05, 0) is 42.9 Å². The first kappa shape index (κ1) is 10.5. The first-order valence-corrected chi connectivity index (χ1v) is 6.37. The summed E-state index contributed by atoms with van der Waals surface area (Å²) in [6.45, 7) is 0. The Morgan fingerprint density at radius 1 is 1.36 bits per heavy atom. The highest BCUT2D eigenvalue weighted by molar-refractivity contribution is 9.10. The van der Waals surface area contributed by atoms with Crippen LogP contribution in [0.4, 0.5) is 0 Å². The maximum atomic E-state index is 6.26. The molecule has 2 rings (SSSR count). The summed E-state index contributed by atoms with van der Waals surface area (Å²) < 4.78 is 1.17. The van der Waals surface area contributed by atoms with Crippen LogP contribution in [0.5, 0.6) is 0 Å². The monoisotopic (exact) mass is 272 g/mol. The van der Waals surface area contributed by atoms with E-state index in [0.29, 0.717) is 11.3 Å². The minimum Gasteiger partial charge on any atom is -0.123 e. The predicted octanol–water partition coefficient (Wildman–Crippen LogP) is 4.40. The van der Waals surface area contributed by atoms with Gasteiger partial charge in [0.1, 0.15) is 0 Å². The average Bonchev–Trinajstić information content (AvgIpc) is 2.52. The third-order valence-electron chi connectivity index (χ3n) is 2.95. The molecule has 14 heavy (non-hydrogen) atoms. The first-order valence-electron chi connectivity index (χ1n) is 5.14. The fraction of sp³-hybridized carbons (Fsp3) is 0.500. The molecule has 0 spiro atoms. The summed E-state index contributed by atoms with van der Waals surface area (Å²) in [6, 6.07) is 8.54. The van der Waals surface area contributed by atoms with Crippen molar-refractivity contribution in [3.05, 3.63) is 34.3 Å². The van der Waals surface area contributed by atoms with E-state index in [2.05, 4.69) is 40.2 Å². The number of rotatable bonds is 2. The van der Waals surface area contributed by atoms with Crippen molar-refractivity contribution in [2.45, 2.75) is 31.1 Å². The van der Waals surface area contributed by atoms with E-state index in [9.17, 15) is 0 Å². The second-order valence-corrected chi connectivity index (χ2v) is 5.52. The van der Waals surface area contributed by atoms with Gasteiger partial charge in [-0.3, -0.25) is 0 Å². The Bertz CT molecular complexity index is 311. The second kappa shape index (κ2) is 4.67. The minimum absolute atomic E-state index is 0.397. The van der Waals surface area contributed by atoms with Crippen LogP contribution in [-0.4, -0.2) is 5.38 Å². The molecule has 2 atom stereocenters. The van der Waals surface area contributed by atoms with Crippen LogP contribution in [0, 0.1) is 5.92 Å². The maximum Gasteiger partial charge on any atom is 0.0367 e. The Balaban J connectivity index is 2.03. The SMILES string of the molecule is ClC1CCCC1Cc1cccc(Br)c1. The second-order valence-electron chi connectivity index (χ2n) is 4.04. The maximum absolute atomic E-state index is 6.26. The highest BCUT2D eigenvalue weighted by atomic mass is 79.9. The van der Waals surface area contributed by atoms with E-state index in [-0.39, 0.29) is 0 Å². The zero-order valence-electron chi connectivity index (χ0n) is 8.05. The molecule has 0 amide bonds. The third kappa shape index (κ3) is 2.52. The summed E-state index contributed by atoms with van der Waals surface area (Å²) in [5, 5.41) is 0.397. The molecule has 0 N–H and O–H groups in total. The lowest BCUT2D eigenvalue weighted by Crippen LogP contribution is -2.09. The van der Waals surface area contributed by atoms with Crippen molar-refractivity contribution in [2.24, 2.45) is 5.92 Å². The highest BCUT2D eigenvalue weighted by Crippen LogP contribution is 2.32. The van der Waals surface area contributed by atoms with Gasteiger partial charge in [0.25, 0.3) is 0 Å². The largest absolute Gasteiger partial charge is 0.123 e. The molecule has 1 saturated carbocycles. The molecule has 0 bridgehead atoms. The van der Waals surface area contributed by atoms with Gasteiger partial charge in [-0.2, -0.15) is 0 Å². The first-order chi connectivity index (χ1) is 6.75. The zero-order valence-corrected chi connectivity index (χ0v) is 10.4. The Kier molecular flexibility index (Phi) is 3.51. The molecule has 1 aromatic carbocycles. The van der Waals surface area contributed by atoms with E-state index >= 15 is 0 Å². The average molecular weight is 274 g/mol. The third-order valence-corrected chi connectivity index (χ3v) is 4.02. The van der Waals surface area contributed by atoms with Crippen LogP contribution in [0.2, 0.25) is 0 Å². The molecule has 0 saturated heterocycles. The summed E-state index contributed by atoms with van der Waals surface area (Å²) >= 11 is 9.75. The molecular weight excluding hydrogens is 259 g/mol. The molecule has 0 nitrogen and oxygen atoms in total. The number of hydrogen-bond donors (Lipinski definition) is 0. The Morgan fingerprint density at radius 2 is 2.21 bits per heavy atom. The number of alkyl halides is 1. The van der Waals surface area contributed by atoms with Crippen molar-refractivity contribution < 1.29 is 0 Å². The van der Waals surface area contributed by atoms with Gasteiger partial charge in [-0.25, -0.2) is 0 Å². The van der Waals surface area contributed by atoms with E-state index in [1.807, 2.05) is 0 Å². The van der Waals surface area contributed by atoms with Gasteiger partial charge < -0.3 is 0 Å². The van der Waals surface area contributed by atoms with Crippen LogP contribution >= 0.6 is 27.5 Å². The lowest BCUT2D eigenvalue weighted by atomic mass is 9.98. The van der Waals surface area contributed by atoms with Gasteiger partial charge >= 0.3 is 0 Å².